The van der Waals surface area contributed by atoms with Gasteiger partial charge < -0.3 is 5.11 Å². The first-order valence-electron chi connectivity index (χ1n) is 4.21. The van der Waals surface area contributed by atoms with Gasteiger partial charge in [0.2, 0.25) is 0 Å². The summed E-state index contributed by atoms with van der Waals surface area (Å²) in [6, 6.07) is -1.02. The van der Waals surface area contributed by atoms with E-state index in [-0.39, 0.29) is 11.4 Å². The van der Waals surface area contributed by atoms with Crippen molar-refractivity contribution in [2.45, 2.75) is 19.4 Å². The SMILES string of the molecule is CCC(C(=O)O)n1cc(Cl)c(=O)[nH]c1=O. The van der Waals surface area contributed by atoms with Gasteiger partial charge in [-0.3, -0.25) is 14.3 Å². The molecule has 0 radical (unpaired) electrons. The van der Waals surface area contributed by atoms with Crippen LogP contribution in [0.1, 0.15) is 19.4 Å². The Morgan fingerprint density at radius 3 is 2.73 bits per heavy atom. The highest BCUT2D eigenvalue weighted by atomic mass is 35.5. The van der Waals surface area contributed by atoms with E-state index in [1.807, 2.05) is 4.98 Å². The second kappa shape index (κ2) is 4.31. The Morgan fingerprint density at radius 1 is 1.67 bits per heavy atom. The maximum absolute atomic E-state index is 11.3. The fraction of sp³-hybridized carbons (Fsp3) is 0.375. The second-order valence-electron chi connectivity index (χ2n) is 2.91. The standard InChI is InChI=1S/C8H9ClN2O4/c1-2-5(7(13)14)11-3-4(9)6(12)10-8(11)15/h3,5H,2H2,1H3,(H,13,14)(H,10,12,15). The van der Waals surface area contributed by atoms with Gasteiger partial charge in [0.05, 0.1) is 0 Å². The maximum atomic E-state index is 11.3. The molecule has 1 unspecified atom stereocenters. The Morgan fingerprint density at radius 2 is 2.27 bits per heavy atom. The number of carbonyl (C=O) groups is 1. The highest BCUT2D eigenvalue weighted by Crippen LogP contribution is 2.09. The van der Waals surface area contributed by atoms with Crippen molar-refractivity contribution in [1.29, 1.82) is 0 Å². The van der Waals surface area contributed by atoms with E-state index >= 15 is 0 Å². The summed E-state index contributed by atoms with van der Waals surface area (Å²) in [6.45, 7) is 1.62. The first-order valence-corrected chi connectivity index (χ1v) is 4.59. The topological polar surface area (TPSA) is 92.2 Å². The van der Waals surface area contributed by atoms with Crippen LogP contribution >= 0.6 is 11.6 Å². The van der Waals surface area contributed by atoms with Crippen LogP contribution in [0.5, 0.6) is 0 Å². The second-order valence-corrected chi connectivity index (χ2v) is 3.31. The van der Waals surface area contributed by atoms with Crippen molar-refractivity contribution in [3.63, 3.8) is 0 Å². The molecule has 0 bridgehead atoms. The van der Waals surface area contributed by atoms with Crippen LogP contribution in [0.4, 0.5) is 0 Å². The van der Waals surface area contributed by atoms with Crippen molar-refractivity contribution >= 4 is 17.6 Å². The van der Waals surface area contributed by atoms with E-state index < -0.39 is 23.3 Å². The fourth-order valence-electron chi connectivity index (χ4n) is 1.18. The van der Waals surface area contributed by atoms with Gasteiger partial charge in [0.15, 0.2) is 0 Å². The van der Waals surface area contributed by atoms with Crippen molar-refractivity contribution in [3.05, 3.63) is 32.1 Å². The molecule has 6 nitrogen and oxygen atoms in total. The number of hydrogen-bond acceptors (Lipinski definition) is 3. The number of aliphatic carboxylic acids is 1. The normalized spacial score (nSPS) is 12.4. The van der Waals surface area contributed by atoms with Gasteiger partial charge in [0.1, 0.15) is 11.1 Å². The van der Waals surface area contributed by atoms with Crippen LogP contribution in [0, 0.1) is 0 Å². The molecular weight excluding hydrogens is 224 g/mol. The molecule has 0 aromatic carbocycles. The van der Waals surface area contributed by atoms with Crippen molar-refractivity contribution in [2.24, 2.45) is 0 Å². The molecule has 1 rings (SSSR count). The van der Waals surface area contributed by atoms with Crippen molar-refractivity contribution in [2.75, 3.05) is 0 Å². The van der Waals surface area contributed by atoms with E-state index in [4.69, 9.17) is 16.7 Å². The summed E-state index contributed by atoms with van der Waals surface area (Å²) in [6.07, 6.45) is 1.25. The summed E-state index contributed by atoms with van der Waals surface area (Å²) in [7, 11) is 0. The van der Waals surface area contributed by atoms with Gasteiger partial charge in [0.25, 0.3) is 5.56 Å². The monoisotopic (exact) mass is 232 g/mol. The molecule has 2 N–H and O–H groups in total. The van der Waals surface area contributed by atoms with Crippen LogP contribution in [0.15, 0.2) is 15.8 Å². The highest BCUT2D eigenvalue weighted by Gasteiger charge is 2.19. The zero-order valence-corrected chi connectivity index (χ0v) is 8.61. The first kappa shape index (κ1) is 11.5. The molecule has 1 heterocycles. The van der Waals surface area contributed by atoms with E-state index in [0.717, 1.165) is 10.8 Å². The van der Waals surface area contributed by atoms with E-state index in [2.05, 4.69) is 0 Å². The summed E-state index contributed by atoms with van der Waals surface area (Å²) in [5.41, 5.74) is -1.50. The van der Waals surface area contributed by atoms with Crippen LogP contribution in [0.2, 0.25) is 5.02 Å². The largest absolute Gasteiger partial charge is 0.480 e. The smallest absolute Gasteiger partial charge is 0.329 e. The minimum Gasteiger partial charge on any atom is -0.480 e. The number of carboxylic acids is 1. The summed E-state index contributed by atoms with van der Waals surface area (Å²) >= 11 is 5.50. The lowest BCUT2D eigenvalue weighted by atomic mass is 10.2. The Hall–Kier alpha value is -1.56. The molecule has 7 heteroatoms. The van der Waals surface area contributed by atoms with Crippen LogP contribution in [-0.4, -0.2) is 20.6 Å². The third kappa shape index (κ3) is 2.27. The Labute approximate surface area is 89.1 Å². The Kier molecular flexibility index (Phi) is 3.31. The Balaban J connectivity index is 3.37. The zero-order chi connectivity index (χ0) is 11.6. The number of carboxylic acid groups (broad SMARTS) is 1. The summed E-state index contributed by atoms with van der Waals surface area (Å²) in [5, 5.41) is 8.60. The highest BCUT2D eigenvalue weighted by molar-refractivity contribution is 6.30. The van der Waals surface area contributed by atoms with Gasteiger partial charge in [-0.05, 0) is 6.42 Å². The number of H-pyrrole nitrogens is 1. The van der Waals surface area contributed by atoms with Crippen LogP contribution in [-0.2, 0) is 4.79 Å². The molecule has 0 saturated carbocycles. The summed E-state index contributed by atoms with van der Waals surface area (Å²) in [5.74, 6) is -1.15. The summed E-state index contributed by atoms with van der Waals surface area (Å²) in [4.78, 5) is 34.9. The van der Waals surface area contributed by atoms with E-state index in [9.17, 15) is 14.4 Å². The van der Waals surface area contributed by atoms with E-state index in [1.165, 1.54) is 0 Å². The predicted octanol–water partition coefficient (Wildman–Crippen LogP) is 0.226. The third-order valence-corrected chi connectivity index (χ3v) is 2.20. The number of aromatic nitrogens is 2. The molecule has 0 aliphatic heterocycles. The van der Waals surface area contributed by atoms with Crippen molar-refractivity contribution < 1.29 is 9.90 Å². The van der Waals surface area contributed by atoms with E-state index in [1.54, 1.807) is 6.92 Å². The summed E-state index contributed by atoms with van der Waals surface area (Å²) < 4.78 is 0.895. The first-order chi connectivity index (χ1) is 6.97. The molecule has 82 valence electrons. The minimum atomic E-state index is -1.15. The fourth-order valence-corrected chi connectivity index (χ4v) is 1.33. The molecule has 0 spiro atoms. The molecule has 15 heavy (non-hydrogen) atoms. The molecule has 1 atom stereocenters. The van der Waals surface area contributed by atoms with Gasteiger partial charge in [-0.1, -0.05) is 18.5 Å². The molecule has 1 aromatic heterocycles. The molecular formula is C8H9ClN2O4. The van der Waals surface area contributed by atoms with Gasteiger partial charge in [0, 0.05) is 6.20 Å². The van der Waals surface area contributed by atoms with Gasteiger partial charge >= 0.3 is 11.7 Å². The lowest BCUT2D eigenvalue weighted by molar-refractivity contribution is -0.141. The van der Waals surface area contributed by atoms with Gasteiger partial charge in [-0.2, -0.15) is 0 Å². The number of aromatic amines is 1. The number of nitrogens with zero attached hydrogens (tertiary/aromatic N) is 1. The molecule has 0 fully saturated rings. The lowest BCUT2D eigenvalue weighted by Crippen LogP contribution is -2.35. The third-order valence-electron chi connectivity index (χ3n) is 1.93. The molecule has 0 aliphatic rings. The molecule has 0 amide bonds. The maximum Gasteiger partial charge on any atom is 0.329 e. The molecule has 1 aromatic rings. The lowest BCUT2D eigenvalue weighted by Gasteiger charge is -2.12. The van der Waals surface area contributed by atoms with Crippen LogP contribution in [0.25, 0.3) is 0 Å². The number of rotatable bonds is 3. The van der Waals surface area contributed by atoms with Gasteiger partial charge in [-0.25, -0.2) is 9.59 Å². The van der Waals surface area contributed by atoms with Crippen LogP contribution in [0.3, 0.4) is 0 Å². The molecule has 0 aliphatic carbocycles. The van der Waals surface area contributed by atoms with Crippen LogP contribution < -0.4 is 11.2 Å². The average Bonchev–Trinajstić information content (AvgIpc) is 2.14. The quantitative estimate of drug-likeness (QED) is 0.780. The average molecular weight is 233 g/mol. The number of hydrogen-bond donors (Lipinski definition) is 2. The number of halogens is 1. The predicted molar refractivity (Wildman–Crippen MR) is 53.3 cm³/mol. The van der Waals surface area contributed by atoms with Crippen molar-refractivity contribution in [1.82, 2.24) is 9.55 Å². The van der Waals surface area contributed by atoms with E-state index in [0.29, 0.717) is 0 Å². The minimum absolute atomic E-state index is 0.214. The molecule has 0 saturated heterocycles. The zero-order valence-electron chi connectivity index (χ0n) is 7.86. The van der Waals surface area contributed by atoms with Gasteiger partial charge in [-0.15, -0.1) is 0 Å². The van der Waals surface area contributed by atoms with Crippen molar-refractivity contribution in [3.8, 4) is 0 Å². The number of nitrogens with one attached hydrogen (secondary N) is 1. The Bertz CT molecular complexity index is 490.